The Hall–Kier alpha value is -1.57. The molecule has 11 heavy (non-hydrogen) atoms. The lowest BCUT2D eigenvalue weighted by atomic mass is 10.5. The second-order valence-electron chi connectivity index (χ2n) is 2.19. The van der Waals surface area contributed by atoms with Crippen LogP contribution in [-0.4, -0.2) is 14.8 Å². The summed E-state index contributed by atoms with van der Waals surface area (Å²) in [6.07, 6.45) is 1.82. The summed E-state index contributed by atoms with van der Waals surface area (Å²) in [6.45, 7) is 2.30. The van der Waals surface area contributed by atoms with Gasteiger partial charge >= 0.3 is 0 Å². The van der Waals surface area contributed by atoms with Gasteiger partial charge in [-0.2, -0.15) is 5.26 Å². The molecule has 1 aromatic rings. The van der Waals surface area contributed by atoms with E-state index in [9.17, 15) is 0 Å². The fraction of sp³-hybridized carbons (Fsp3) is 0.500. The number of nitriles is 1. The number of rotatable bonds is 2. The smallest absolute Gasteiger partial charge is 0.176 e. The summed E-state index contributed by atoms with van der Waals surface area (Å²) >= 11 is 0. The second-order valence-corrected chi connectivity index (χ2v) is 2.19. The van der Waals surface area contributed by atoms with Crippen LogP contribution < -0.4 is 5.32 Å². The zero-order valence-electron chi connectivity index (χ0n) is 6.50. The van der Waals surface area contributed by atoms with E-state index in [0.717, 1.165) is 11.6 Å². The van der Waals surface area contributed by atoms with E-state index in [1.807, 2.05) is 24.7 Å². The van der Waals surface area contributed by atoms with E-state index >= 15 is 0 Å². The molecule has 1 rings (SSSR count). The van der Waals surface area contributed by atoms with Crippen molar-refractivity contribution >= 4 is 0 Å². The SMILES string of the molecule is Cc1nnc(CNC#N)n1C. The number of aryl methyl sites for hydroxylation is 1. The molecule has 5 heteroatoms. The van der Waals surface area contributed by atoms with Crippen molar-refractivity contribution in [1.29, 1.82) is 5.26 Å². The first-order valence-corrected chi connectivity index (χ1v) is 3.22. The van der Waals surface area contributed by atoms with Crippen LogP contribution in [0.1, 0.15) is 11.6 Å². The van der Waals surface area contributed by atoms with Crippen LogP contribution >= 0.6 is 0 Å². The van der Waals surface area contributed by atoms with Gasteiger partial charge in [-0.15, -0.1) is 10.2 Å². The van der Waals surface area contributed by atoms with Gasteiger partial charge < -0.3 is 9.88 Å². The first-order chi connectivity index (χ1) is 5.25. The molecule has 1 N–H and O–H groups in total. The lowest BCUT2D eigenvalue weighted by molar-refractivity contribution is 0.727. The molecule has 0 spiro atoms. The normalized spacial score (nSPS) is 9.18. The molecule has 0 radical (unpaired) electrons. The van der Waals surface area contributed by atoms with Gasteiger partial charge in [0.15, 0.2) is 12.0 Å². The highest BCUT2D eigenvalue weighted by Gasteiger charge is 2.02. The third-order valence-electron chi connectivity index (χ3n) is 1.51. The molecule has 1 heterocycles. The Morgan fingerprint density at radius 3 is 2.82 bits per heavy atom. The van der Waals surface area contributed by atoms with Crippen LogP contribution in [-0.2, 0) is 13.6 Å². The lowest BCUT2D eigenvalue weighted by Gasteiger charge is -1.97. The van der Waals surface area contributed by atoms with Gasteiger partial charge in [-0.05, 0) is 6.92 Å². The van der Waals surface area contributed by atoms with Crippen LogP contribution in [0.2, 0.25) is 0 Å². The van der Waals surface area contributed by atoms with Crippen molar-refractivity contribution in [3.63, 3.8) is 0 Å². The van der Waals surface area contributed by atoms with Gasteiger partial charge in [0.05, 0.1) is 6.54 Å². The fourth-order valence-electron chi connectivity index (χ4n) is 0.724. The predicted octanol–water partition coefficient (Wildman–Crippen LogP) is -0.306. The quantitative estimate of drug-likeness (QED) is 0.465. The van der Waals surface area contributed by atoms with Gasteiger partial charge in [-0.1, -0.05) is 0 Å². The Bertz CT molecular complexity index is 282. The van der Waals surface area contributed by atoms with Crippen LogP contribution in [0, 0.1) is 18.4 Å². The second kappa shape index (κ2) is 3.01. The molecule has 0 aliphatic heterocycles. The van der Waals surface area contributed by atoms with Crippen molar-refractivity contribution < 1.29 is 0 Å². The standard InChI is InChI=1S/C6H9N5/c1-5-9-10-6(11(5)2)3-8-4-7/h8H,3H2,1-2H3. The molecule has 0 bridgehead atoms. The van der Waals surface area contributed by atoms with Crippen molar-refractivity contribution in [3.8, 4) is 6.19 Å². The summed E-state index contributed by atoms with van der Waals surface area (Å²) in [5.74, 6) is 1.61. The van der Waals surface area contributed by atoms with E-state index in [2.05, 4.69) is 15.5 Å². The van der Waals surface area contributed by atoms with Crippen molar-refractivity contribution in [2.45, 2.75) is 13.5 Å². The van der Waals surface area contributed by atoms with E-state index in [0.29, 0.717) is 6.54 Å². The highest BCUT2D eigenvalue weighted by atomic mass is 15.3. The van der Waals surface area contributed by atoms with Gasteiger partial charge in [-0.3, -0.25) is 0 Å². The van der Waals surface area contributed by atoms with Gasteiger partial charge in [0.2, 0.25) is 0 Å². The van der Waals surface area contributed by atoms with Crippen molar-refractivity contribution in [3.05, 3.63) is 11.6 Å². The van der Waals surface area contributed by atoms with Crippen LogP contribution in [0.25, 0.3) is 0 Å². The number of hydrogen-bond acceptors (Lipinski definition) is 4. The van der Waals surface area contributed by atoms with Gasteiger partial charge in [0.1, 0.15) is 5.82 Å². The van der Waals surface area contributed by atoms with Crippen molar-refractivity contribution in [1.82, 2.24) is 20.1 Å². The summed E-state index contributed by atoms with van der Waals surface area (Å²) in [7, 11) is 1.86. The molecule has 0 aliphatic carbocycles. The van der Waals surface area contributed by atoms with Crippen molar-refractivity contribution in [2.24, 2.45) is 7.05 Å². The maximum absolute atomic E-state index is 8.21. The molecule has 0 amide bonds. The zero-order chi connectivity index (χ0) is 8.27. The topological polar surface area (TPSA) is 66.5 Å². The van der Waals surface area contributed by atoms with Crippen molar-refractivity contribution in [2.75, 3.05) is 0 Å². The first kappa shape index (κ1) is 7.54. The van der Waals surface area contributed by atoms with E-state index in [-0.39, 0.29) is 0 Å². The monoisotopic (exact) mass is 151 g/mol. The number of aromatic nitrogens is 3. The number of nitrogens with zero attached hydrogens (tertiary/aromatic N) is 4. The predicted molar refractivity (Wildman–Crippen MR) is 38.2 cm³/mol. The maximum atomic E-state index is 8.21. The highest BCUT2D eigenvalue weighted by molar-refractivity contribution is 4.92. The number of nitrogens with one attached hydrogen (secondary N) is 1. The minimum atomic E-state index is 0.438. The molecule has 1 aromatic heterocycles. The fourth-order valence-corrected chi connectivity index (χ4v) is 0.724. The lowest BCUT2D eigenvalue weighted by Crippen LogP contribution is -2.10. The van der Waals surface area contributed by atoms with Crippen LogP contribution in [0.3, 0.4) is 0 Å². The molecular formula is C6H9N5. The first-order valence-electron chi connectivity index (χ1n) is 3.22. The molecule has 0 unspecified atom stereocenters. The molecular weight excluding hydrogens is 142 g/mol. The van der Waals surface area contributed by atoms with Gasteiger partial charge in [0, 0.05) is 7.05 Å². The summed E-state index contributed by atoms with van der Waals surface area (Å²) in [6, 6.07) is 0. The van der Waals surface area contributed by atoms with Gasteiger partial charge in [0.25, 0.3) is 0 Å². The molecule has 58 valence electrons. The Morgan fingerprint density at radius 2 is 2.36 bits per heavy atom. The van der Waals surface area contributed by atoms with E-state index in [4.69, 9.17) is 5.26 Å². The van der Waals surface area contributed by atoms with Crippen LogP contribution in [0.15, 0.2) is 0 Å². The van der Waals surface area contributed by atoms with Gasteiger partial charge in [-0.25, -0.2) is 0 Å². The Kier molecular flexibility index (Phi) is 2.06. The third-order valence-corrected chi connectivity index (χ3v) is 1.51. The number of hydrogen-bond donors (Lipinski definition) is 1. The van der Waals surface area contributed by atoms with E-state index < -0.39 is 0 Å². The third kappa shape index (κ3) is 1.46. The minimum Gasteiger partial charge on any atom is -0.317 e. The largest absolute Gasteiger partial charge is 0.317 e. The Morgan fingerprint density at radius 1 is 1.64 bits per heavy atom. The molecule has 0 aromatic carbocycles. The molecule has 0 fully saturated rings. The summed E-state index contributed by atoms with van der Waals surface area (Å²) in [4.78, 5) is 0. The van der Waals surface area contributed by atoms with Crippen LogP contribution in [0.5, 0.6) is 0 Å². The molecule has 0 saturated carbocycles. The summed E-state index contributed by atoms with van der Waals surface area (Å²) in [5.41, 5.74) is 0. The molecule has 5 nitrogen and oxygen atoms in total. The molecule has 0 aliphatic rings. The Balaban J connectivity index is 2.72. The van der Waals surface area contributed by atoms with E-state index in [1.165, 1.54) is 0 Å². The zero-order valence-corrected chi connectivity index (χ0v) is 6.50. The average molecular weight is 151 g/mol. The molecule has 0 atom stereocenters. The summed E-state index contributed by atoms with van der Waals surface area (Å²) in [5, 5.41) is 18.4. The van der Waals surface area contributed by atoms with Crippen LogP contribution in [0.4, 0.5) is 0 Å². The minimum absolute atomic E-state index is 0.438. The maximum Gasteiger partial charge on any atom is 0.176 e. The Labute approximate surface area is 64.7 Å². The van der Waals surface area contributed by atoms with E-state index in [1.54, 1.807) is 0 Å². The summed E-state index contributed by atoms with van der Waals surface area (Å²) < 4.78 is 1.84. The highest BCUT2D eigenvalue weighted by Crippen LogP contribution is 1.95. The average Bonchev–Trinajstić information content (AvgIpc) is 2.31. The molecule has 0 saturated heterocycles.